The number of carbonyl (C=O) groups excluding carboxylic acids is 1. The second-order valence-electron chi connectivity index (χ2n) is 5.87. The summed E-state index contributed by atoms with van der Waals surface area (Å²) in [4.78, 5) is 16.6. The summed E-state index contributed by atoms with van der Waals surface area (Å²) in [6, 6.07) is 9.12. The molecule has 0 unspecified atom stereocenters. The summed E-state index contributed by atoms with van der Waals surface area (Å²) < 4.78 is 21.3. The molecule has 0 aliphatic carbocycles. The lowest BCUT2D eigenvalue weighted by Crippen LogP contribution is -2.37. The zero-order valence-corrected chi connectivity index (χ0v) is 14.1. The molecule has 26 heavy (non-hydrogen) atoms. The summed E-state index contributed by atoms with van der Waals surface area (Å²) in [5.74, 6) is 2.12. The van der Waals surface area contributed by atoms with E-state index in [-0.39, 0.29) is 24.3 Å². The number of ether oxygens (including phenoxy) is 2. The van der Waals surface area contributed by atoms with Crippen molar-refractivity contribution in [3.05, 3.63) is 48.0 Å². The Kier molecular flexibility index (Phi) is 4.30. The van der Waals surface area contributed by atoms with Gasteiger partial charge in [0.25, 0.3) is 5.89 Å². The molecule has 1 N–H and O–H groups in total. The molecule has 0 fully saturated rings. The van der Waals surface area contributed by atoms with Gasteiger partial charge in [0.1, 0.15) is 6.61 Å². The highest BCUT2D eigenvalue weighted by Gasteiger charge is 2.28. The zero-order chi connectivity index (χ0) is 17.9. The van der Waals surface area contributed by atoms with E-state index in [9.17, 15) is 4.79 Å². The maximum absolute atomic E-state index is 12.4. The van der Waals surface area contributed by atoms with Gasteiger partial charge in [0.05, 0.1) is 25.8 Å². The van der Waals surface area contributed by atoms with E-state index < -0.39 is 0 Å². The molecule has 0 saturated heterocycles. The highest BCUT2D eigenvalue weighted by Crippen LogP contribution is 2.36. The SMILES string of the molecule is COc1cccc2c1OC[C@@H](C(=O)NCc1noc(-c3ccco3)n1)C2. The van der Waals surface area contributed by atoms with Crippen LogP contribution in [-0.2, 0) is 17.8 Å². The standard InChI is InChI=1S/C18H17N3O5/c1-23-13-5-2-4-11-8-12(10-25-16(11)13)17(22)19-9-15-20-18(26-21-15)14-6-3-7-24-14/h2-7,12H,8-10H2,1H3,(H,19,22)/t12-/m0/s1. The monoisotopic (exact) mass is 355 g/mol. The third-order valence-corrected chi connectivity index (χ3v) is 4.17. The molecule has 1 amide bonds. The minimum absolute atomic E-state index is 0.122. The Bertz CT molecular complexity index is 903. The number of aromatic nitrogens is 2. The van der Waals surface area contributed by atoms with Gasteiger partial charge >= 0.3 is 0 Å². The summed E-state index contributed by atoms with van der Waals surface area (Å²) in [6.07, 6.45) is 2.11. The second-order valence-corrected chi connectivity index (χ2v) is 5.87. The molecule has 8 heteroatoms. The van der Waals surface area contributed by atoms with Crippen LogP contribution in [0, 0.1) is 5.92 Å². The molecule has 1 atom stereocenters. The van der Waals surface area contributed by atoms with Crippen LogP contribution in [0.1, 0.15) is 11.4 Å². The van der Waals surface area contributed by atoms with Crippen LogP contribution in [0.4, 0.5) is 0 Å². The number of fused-ring (bicyclic) bond motifs is 1. The normalized spacial score (nSPS) is 15.8. The van der Waals surface area contributed by atoms with Gasteiger partial charge in [-0.1, -0.05) is 17.3 Å². The Morgan fingerprint density at radius 1 is 1.35 bits per heavy atom. The Morgan fingerprint density at radius 2 is 2.27 bits per heavy atom. The fraction of sp³-hybridized carbons (Fsp3) is 0.278. The van der Waals surface area contributed by atoms with Crippen molar-refractivity contribution in [2.24, 2.45) is 5.92 Å². The highest BCUT2D eigenvalue weighted by molar-refractivity contribution is 5.79. The molecule has 1 aromatic carbocycles. The van der Waals surface area contributed by atoms with Gasteiger partial charge in [0, 0.05) is 0 Å². The lowest BCUT2D eigenvalue weighted by atomic mass is 9.95. The Balaban J connectivity index is 1.37. The maximum atomic E-state index is 12.4. The first-order valence-electron chi connectivity index (χ1n) is 8.17. The van der Waals surface area contributed by atoms with E-state index >= 15 is 0 Å². The minimum Gasteiger partial charge on any atom is -0.493 e. The van der Waals surface area contributed by atoms with Crippen LogP contribution in [0.15, 0.2) is 45.5 Å². The molecular weight excluding hydrogens is 338 g/mol. The first-order chi connectivity index (χ1) is 12.7. The molecule has 0 bridgehead atoms. The smallest absolute Gasteiger partial charge is 0.293 e. The third kappa shape index (κ3) is 3.13. The molecule has 3 aromatic rings. The number of furan rings is 1. The fourth-order valence-corrected chi connectivity index (χ4v) is 2.86. The second kappa shape index (κ2) is 6.91. The Labute approximate surface area is 149 Å². The third-order valence-electron chi connectivity index (χ3n) is 4.17. The molecular formula is C18H17N3O5. The van der Waals surface area contributed by atoms with Crippen molar-refractivity contribution in [1.29, 1.82) is 0 Å². The van der Waals surface area contributed by atoms with Crippen molar-refractivity contribution in [2.45, 2.75) is 13.0 Å². The molecule has 0 saturated carbocycles. The molecule has 2 aromatic heterocycles. The summed E-state index contributed by atoms with van der Waals surface area (Å²) in [5.41, 5.74) is 0.954. The number of hydrogen-bond donors (Lipinski definition) is 1. The van der Waals surface area contributed by atoms with Crippen LogP contribution in [-0.4, -0.2) is 29.8 Å². The minimum atomic E-state index is -0.286. The lowest BCUT2D eigenvalue weighted by Gasteiger charge is -2.25. The average Bonchev–Trinajstić information content (AvgIpc) is 3.36. The van der Waals surface area contributed by atoms with Gasteiger partial charge in [-0.25, -0.2) is 0 Å². The van der Waals surface area contributed by atoms with Crippen molar-refractivity contribution in [3.63, 3.8) is 0 Å². The highest BCUT2D eigenvalue weighted by atomic mass is 16.5. The maximum Gasteiger partial charge on any atom is 0.293 e. The lowest BCUT2D eigenvalue weighted by molar-refractivity contribution is -0.126. The molecule has 134 valence electrons. The van der Waals surface area contributed by atoms with Crippen LogP contribution >= 0.6 is 0 Å². The Morgan fingerprint density at radius 3 is 3.08 bits per heavy atom. The van der Waals surface area contributed by atoms with Crippen molar-refractivity contribution >= 4 is 5.91 Å². The van der Waals surface area contributed by atoms with Crippen molar-refractivity contribution in [1.82, 2.24) is 15.5 Å². The zero-order valence-electron chi connectivity index (χ0n) is 14.1. The quantitative estimate of drug-likeness (QED) is 0.749. The van der Waals surface area contributed by atoms with Crippen LogP contribution in [0.5, 0.6) is 11.5 Å². The number of carbonyl (C=O) groups is 1. The van der Waals surface area contributed by atoms with Crippen molar-refractivity contribution in [3.8, 4) is 23.1 Å². The summed E-state index contributed by atoms with van der Waals surface area (Å²) in [5, 5.41) is 6.66. The van der Waals surface area contributed by atoms with Gasteiger partial charge in [0.2, 0.25) is 5.91 Å². The number of methoxy groups -OCH3 is 1. The van der Waals surface area contributed by atoms with Gasteiger partial charge in [0.15, 0.2) is 23.1 Å². The van der Waals surface area contributed by atoms with E-state index in [1.54, 1.807) is 19.2 Å². The molecule has 0 spiro atoms. The van der Waals surface area contributed by atoms with Gasteiger partial charge in [-0.15, -0.1) is 0 Å². The number of hydrogen-bond acceptors (Lipinski definition) is 7. The van der Waals surface area contributed by atoms with Crippen LogP contribution < -0.4 is 14.8 Å². The summed E-state index contributed by atoms with van der Waals surface area (Å²) >= 11 is 0. The molecule has 3 heterocycles. The number of nitrogens with one attached hydrogen (secondary N) is 1. The number of para-hydroxylation sites is 1. The number of amides is 1. The van der Waals surface area contributed by atoms with Crippen LogP contribution in [0.2, 0.25) is 0 Å². The number of rotatable bonds is 5. The van der Waals surface area contributed by atoms with Crippen LogP contribution in [0.25, 0.3) is 11.7 Å². The number of nitrogens with zero attached hydrogens (tertiary/aromatic N) is 2. The van der Waals surface area contributed by atoms with E-state index in [2.05, 4.69) is 15.5 Å². The largest absolute Gasteiger partial charge is 0.493 e. The van der Waals surface area contributed by atoms with Gasteiger partial charge in [-0.2, -0.15) is 4.98 Å². The van der Waals surface area contributed by atoms with Crippen LogP contribution in [0.3, 0.4) is 0 Å². The number of benzene rings is 1. The molecule has 8 nitrogen and oxygen atoms in total. The molecule has 1 aliphatic heterocycles. The topological polar surface area (TPSA) is 99.6 Å². The van der Waals surface area contributed by atoms with E-state index in [1.807, 2.05) is 18.2 Å². The van der Waals surface area contributed by atoms with E-state index in [1.165, 1.54) is 6.26 Å². The summed E-state index contributed by atoms with van der Waals surface area (Å²) in [6.45, 7) is 0.466. The van der Waals surface area contributed by atoms with Gasteiger partial charge < -0.3 is 23.7 Å². The van der Waals surface area contributed by atoms with Crippen molar-refractivity contribution < 1.29 is 23.2 Å². The Hall–Kier alpha value is -3.29. The van der Waals surface area contributed by atoms with E-state index in [4.69, 9.17) is 18.4 Å². The fourth-order valence-electron chi connectivity index (χ4n) is 2.86. The summed E-state index contributed by atoms with van der Waals surface area (Å²) in [7, 11) is 1.60. The molecule has 1 aliphatic rings. The predicted octanol–water partition coefficient (Wildman–Crippen LogP) is 2.21. The average molecular weight is 355 g/mol. The van der Waals surface area contributed by atoms with E-state index in [0.29, 0.717) is 36.1 Å². The molecule has 4 rings (SSSR count). The first-order valence-corrected chi connectivity index (χ1v) is 8.17. The van der Waals surface area contributed by atoms with Crippen molar-refractivity contribution in [2.75, 3.05) is 13.7 Å². The first kappa shape index (κ1) is 16.2. The molecule has 0 radical (unpaired) electrons. The predicted molar refractivity (Wildman–Crippen MR) is 89.5 cm³/mol. The van der Waals surface area contributed by atoms with Gasteiger partial charge in [-0.05, 0) is 30.2 Å². The van der Waals surface area contributed by atoms with E-state index in [0.717, 1.165) is 5.56 Å². The van der Waals surface area contributed by atoms with Gasteiger partial charge in [-0.3, -0.25) is 4.79 Å².